The van der Waals surface area contributed by atoms with Crippen LogP contribution in [0.1, 0.15) is 52.6 Å². The molecule has 0 N–H and O–H groups in total. The Balaban J connectivity index is 1.94. The fourth-order valence-corrected chi connectivity index (χ4v) is 5.36. The minimum atomic E-state index is -0.581. The molecule has 164 valence electrons. The first-order valence-electron chi connectivity index (χ1n) is 11.0. The molecule has 0 radical (unpaired) electrons. The average molecular weight is 436 g/mol. The molecule has 1 aliphatic rings. The fourth-order valence-electron chi connectivity index (χ4n) is 5.36. The van der Waals surface area contributed by atoms with Crippen LogP contribution in [0.4, 0.5) is 17.6 Å². The number of halogens is 4. The molecule has 0 saturated heterocycles. The van der Waals surface area contributed by atoms with Crippen LogP contribution < -0.4 is 0 Å². The van der Waals surface area contributed by atoms with E-state index >= 15 is 13.2 Å². The zero-order valence-corrected chi connectivity index (χ0v) is 18.5. The number of fused-ring (bicyclic) bond motifs is 4. The zero-order chi connectivity index (χ0) is 22.9. The summed E-state index contributed by atoms with van der Waals surface area (Å²) in [6, 6.07) is 10.1. The maximum atomic E-state index is 15.6. The van der Waals surface area contributed by atoms with Crippen LogP contribution in [0, 0.1) is 50.0 Å². The Morgan fingerprint density at radius 2 is 1.41 bits per heavy atom. The van der Waals surface area contributed by atoms with Crippen molar-refractivity contribution < 1.29 is 17.6 Å². The van der Waals surface area contributed by atoms with Crippen molar-refractivity contribution in [3.63, 3.8) is 0 Å². The summed E-state index contributed by atoms with van der Waals surface area (Å²) >= 11 is 0. The van der Waals surface area contributed by atoms with Crippen molar-refractivity contribution in [1.29, 1.82) is 0 Å². The van der Waals surface area contributed by atoms with Gasteiger partial charge in [-0.05, 0) is 90.3 Å². The first-order valence-corrected chi connectivity index (χ1v) is 11.0. The highest BCUT2D eigenvalue weighted by Gasteiger charge is 2.33. The van der Waals surface area contributed by atoms with Gasteiger partial charge in [0.1, 0.15) is 23.3 Å². The van der Waals surface area contributed by atoms with Crippen LogP contribution in [0.3, 0.4) is 0 Å². The molecule has 4 aromatic rings. The Morgan fingerprint density at radius 3 is 2.12 bits per heavy atom. The first kappa shape index (κ1) is 21.0. The largest absolute Gasteiger partial charge is 0.207 e. The molecular formula is C28H24F4. The summed E-state index contributed by atoms with van der Waals surface area (Å²) in [6.07, 6.45) is 1.14. The minimum Gasteiger partial charge on any atom is -0.207 e. The maximum absolute atomic E-state index is 15.6. The van der Waals surface area contributed by atoms with Gasteiger partial charge in [-0.1, -0.05) is 31.2 Å². The van der Waals surface area contributed by atoms with E-state index in [0.29, 0.717) is 62.2 Å². The Morgan fingerprint density at radius 1 is 0.750 bits per heavy atom. The molecule has 5 rings (SSSR count). The van der Waals surface area contributed by atoms with E-state index in [9.17, 15) is 4.39 Å². The molecular weight excluding hydrogens is 412 g/mol. The van der Waals surface area contributed by atoms with Gasteiger partial charge in [0, 0.05) is 22.3 Å². The lowest BCUT2D eigenvalue weighted by Gasteiger charge is -2.32. The second-order valence-corrected chi connectivity index (χ2v) is 9.34. The summed E-state index contributed by atoms with van der Waals surface area (Å²) in [5.41, 5.74) is 2.53. The van der Waals surface area contributed by atoms with Crippen LogP contribution in [0.25, 0.3) is 21.5 Å². The lowest BCUT2D eigenvalue weighted by atomic mass is 9.72. The van der Waals surface area contributed by atoms with Gasteiger partial charge in [-0.3, -0.25) is 0 Å². The SMILES string of the molecule is Cc1ccc2c(cc(C3CC(C)Cc4cc(F)c(C)c(F)c43)c3c(F)c(C)ccc32)c1F. The van der Waals surface area contributed by atoms with Crippen LogP contribution in [-0.2, 0) is 6.42 Å². The maximum Gasteiger partial charge on any atom is 0.134 e. The van der Waals surface area contributed by atoms with Crippen molar-refractivity contribution >= 4 is 21.5 Å². The minimum absolute atomic E-state index is 0.0351. The Bertz CT molecular complexity index is 1420. The van der Waals surface area contributed by atoms with Crippen molar-refractivity contribution in [3.8, 4) is 0 Å². The predicted octanol–water partition coefficient (Wildman–Crippen LogP) is 8.19. The molecule has 2 atom stereocenters. The first-order chi connectivity index (χ1) is 15.2. The summed E-state index contributed by atoms with van der Waals surface area (Å²) in [6.45, 7) is 6.83. The van der Waals surface area contributed by atoms with Crippen molar-refractivity contribution in [3.05, 3.63) is 93.0 Å². The molecule has 0 spiro atoms. The van der Waals surface area contributed by atoms with Gasteiger partial charge in [0.2, 0.25) is 0 Å². The molecule has 0 aromatic heterocycles. The summed E-state index contributed by atoms with van der Waals surface area (Å²) in [7, 11) is 0. The molecule has 1 aliphatic carbocycles. The smallest absolute Gasteiger partial charge is 0.134 e. The molecule has 0 nitrogen and oxygen atoms in total. The van der Waals surface area contributed by atoms with E-state index < -0.39 is 17.6 Å². The summed E-state index contributed by atoms with van der Waals surface area (Å²) < 4.78 is 60.6. The van der Waals surface area contributed by atoms with Crippen LogP contribution in [0.15, 0.2) is 36.4 Å². The van der Waals surface area contributed by atoms with Crippen molar-refractivity contribution in [2.45, 2.75) is 46.5 Å². The quantitative estimate of drug-likeness (QED) is 0.208. The molecule has 0 aliphatic heterocycles. The van der Waals surface area contributed by atoms with Gasteiger partial charge in [-0.2, -0.15) is 0 Å². The highest BCUT2D eigenvalue weighted by atomic mass is 19.1. The number of aryl methyl sites for hydroxylation is 2. The van der Waals surface area contributed by atoms with E-state index in [1.807, 2.05) is 19.1 Å². The fraction of sp³-hybridized carbons (Fsp3) is 0.286. The lowest BCUT2D eigenvalue weighted by molar-refractivity contribution is 0.439. The highest BCUT2D eigenvalue weighted by molar-refractivity contribution is 6.10. The second-order valence-electron chi connectivity index (χ2n) is 9.34. The van der Waals surface area contributed by atoms with E-state index in [1.54, 1.807) is 32.0 Å². The van der Waals surface area contributed by atoms with Crippen LogP contribution >= 0.6 is 0 Å². The zero-order valence-electron chi connectivity index (χ0n) is 18.5. The number of rotatable bonds is 1. The van der Waals surface area contributed by atoms with E-state index in [1.165, 1.54) is 13.0 Å². The Kier molecular flexibility index (Phi) is 4.81. The molecule has 2 unspecified atom stereocenters. The number of hydrogen-bond acceptors (Lipinski definition) is 0. The van der Waals surface area contributed by atoms with Crippen LogP contribution in [0.5, 0.6) is 0 Å². The normalized spacial score (nSPS) is 18.4. The van der Waals surface area contributed by atoms with Gasteiger partial charge in [0.15, 0.2) is 0 Å². The standard InChI is InChI=1S/C28H24F4/c1-13-9-17-11-23(29)16(4)28(32)24(17)20(10-13)21-12-22-18(7-5-14(2)26(22)30)19-8-6-15(3)27(31)25(19)21/h5-8,11-13,20H,9-10H2,1-4H3. The topological polar surface area (TPSA) is 0 Å². The van der Waals surface area contributed by atoms with Gasteiger partial charge in [0.25, 0.3) is 0 Å². The third-order valence-electron chi connectivity index (χ3n) is 7.09. The van der Waals surface area contributed by atoms with Gasteiger partial charge >= 0.3 is 0 Å². The molecule has 0 heterocycles. The van der Waals surface area contributed by atoms with Crippen LogP contribution in [0.2, 0.25) is 0 Å². The number of hydrogen-bond donors (Lipinski definition) is 0. The van der Waals surface area contributed by atoms with E-state index in [4.69, 9.17) is 0 Å². The molecule has 0 saturated carbocycles. The van der Waals surface area contributed by atoms with Gasteiger partial charge in [-0.25, -0.2) is 17.6 Å². The number of benzene rings is 4. The second kappa shape index (κ2) is 7.33. The summed E-state index contributed by atoms with van der Waals surface area (Å²) in [4.78, 5) is 0. The van der Waals surface area contributed by atoms with Gasteiger partial charge in [0.05, 0.1) is 0 Å². The molecule has 32 heavy (non-hydrogen) atoms. The van der Waals surface area contributed by atoms with E-state index in [-0.39, 0.29) is 23.1 Å². The summed E-state index contributed by atoms with van der Waals surface area (Å²) in [5.74, 6) is -2.22. The predicted molar refractivity (Wildman–Crippen MR) is 121 cm³/mol. The third-order valence-corrected chi connectivity index (χ3v) is 7.09. The van der Waals surface area contributed by atoms with Crippen molar-refractivity contribution in [2.24, 2.45) is 5.92 Å². The molecule has 4 heteroatoms. The molecule has 0 fully saturated rings. The average Bonchev–Trinajstić information content (AvgIpc) is 2.75. The molecule has 4 aromatic carbocycles. The van der Waals surface area contributed by atoms with Gasteiger partial charge in [-0.15, -0.1) is 0 Å². The molecule has 0 amide bonds. The van der Waals surface area contributed by atoms with E-state index in [2.05, 4.69) is 0 Å². The monoisotopic (exact) mass is 436 g/mol. The van der Waals surface area contributed by atoms with Crippen molar-refractivity contribution in [1.82, 2.24) is 0 Å². The lowest BCUT2D eigenvalue weighted by Crippen LogP contribution is -2.21. The summed E-state index contributed by atoms with van der Waals surface area (Å²) in [5, 5.41) is 2.03. The van der Waals surface area contributed by atoms with Gasteiger partial charge < -0.3 is 0 Å². The Labute approximate surface area is 184 Å². The Hall–Kier alpha value is -2.88. The van der Waals surface area contributed by atoms with E-state index in [0.717, 1.165) is 0 Å². The van der Waals surface area contributed by atoms with Crippen molar-refractivity contribution in [2.75, 3.05) is 0 Å². The third kappa shape index (κ3) is 2.96. The van der Waals surface area contributed by atoms with Crippen LogP contribution in [-0.4, -0.2) is 0 Å². The highest BCUT2D eigenvalue weighted by Crippen LogP contribution is 2.46. The molecule has 0 bridgehead atoms.